The van der Waals surface area contributed by atoms with E-state index in [1.807, 2.05) is 37.3 Å². The maximum atomic E-state index is 14.7. The number of fused-ring (bicyclic) bond motifs is 5. The molecule has 4 aliphatic rings. The molecule has 3 aromatic rings. The average Bonchev–Trinajstić information content (AvgIpc) is 3.91. The fourth-order valence-corrected chi connectivity index (χ4v) is 11.5. The summed E-state index contributed by atoms with van der Waals surface area (Å²) in [5.74, 6) is 13.1. The highest BCUT2D eigenvalue weighted by Gasteiger charge is 2.56. The van der Waals surface area contributed by atoms with Gasteiger partial charge in [0.1, 0.15) is 5.75 Å². The summed E-state index contributed by atoms with van der Waals surface area (Å²) >= 11 is 3.16. The summed E-state index contributed by atoms with van der Waals surface area (Å²) in [6.07, 6.45) is 6.59. The number of aliphatic imine (C=N–C) groups is 1. The number of thiophene rings is 2. The first-order valence-electron chi connectivity index (χ1n) is 18.5. The number of carbonyl (C=O) groups is 1. The van der Waals surface area contributed by atoms with Crippen molar-refractivity contribution in [1.82, 2.24) is 5.32 Å². The van der Waals surface area contributed by atoms with Crippen LogP contribution in [0.3, 0.4) is 0 Å². The van der Waals surface area contributed by atoms with Crippen molar-refractivity contribution < 1.29 is 25.2 Å². The Labute approximate surface area is 319 Å². The number of nitrogens with two attached hydrogens (primary N) is 1. The smallest absolute Gasteiger partial charge is 0.188 e. The lowest BCUT2D eigenvalue weighted by Crippen LogP contribution is -2.50. The average molecular weight is 753 g/mol. The molecule has 9 nitrogen and oxygen atoms in total. The number of ketones is 1. The van der Waals surface area contributed by atoms with Gasteiger partial charge < -0.3 is 36.8 Å². The topological polar surface area (TPSA) is 160 Å². The third kappa shape index (κ3) is 7.26. The Morgan fingerprint density at radius 3 is 2.68 bits per heavy atom. The summed E-state index contributed by atoms with van der Waals surface area (Å²) in [6, 6.07) is 9.33. The van der Waals surface area contributed by atoms with E-state index in [4.69, 9.17) is 5.73 Å². The van der Waals surface area contributed by atoms with Crippen molar-refractivity contribution in [3.05, 3.63) is 62.9 Å². The number of aliphatic hydroxyl groups is 3. The van der Waals surface area contributed by atoms with E-state index in [1.165, 1.54) is 11.3 Å². The molecule has 278 valence electrons. The molecule has 0 amide bonds. The number of benzene rings is 1. The molecule has 53 heavy (non-hydrogen) atoms. The minimum atomic E-state index is -0.928. The molecular weight excluding hydrogens is 705 g/mol. The van der Waals surface area contributed by atoms with Gasteiger partial charge in [0.05, 0.1) is 45.9 Å². The molecule has 9 unspecified atom stereocenters. The largest absolute Gasteiger partial charge is 0.507 e. The van der Waals surface area contributed by atoms with Gasteiger partial charge in [0.2, 0.25) is 0 Å². The van der Waals surface area contributed by atoms with E-state index in [0.29, 0.717) is 49.3 Å². The van der Waals surface area contributed by atoms with Crippen molar-refractivity contribution in [3.8, 4) is 39.2 Å². The molecule has 2 aromatic heterocycles. The van der Waals surface area contributed by atoms with Crippen molar-refractivity contribution in [3.63, 3.8) is 0 Å². The number of hydrogen-bond donors (Lipinski definition) is 7. The summed E-state index contributed by atoms with van der Waals surface area (Å²) in [7, 11) is 1.65. The lowest BCUT2D eigenvalue weighted by atomic mass is 9.58. The fourth-order valence-electron chi connectivity index (χ4n) is 9.45. The molecule has 8 N–H and O–H groups in total. The third-order valence-corrected chi connectivity index (χ3v) is 14.3. The number of Topliss-reactive ketones (excluding diaryl/α,β-unsaturated/α-hetero) is 1. The van der Waals surface area contributed by atoms with Crippen molar-refractivity contribution >= 4 is 46.2 Å². The highest BCUT2D eigenvalue weighted by atomic mass is 32.1. The molecule has 1 aromatic carbocycles. The van der Waals surface area contributed by atoms with Crippen LogP contribution in [0.25, 0.3) is 15.8 Å². The number of rotatable bonds is 7. The van der Waals surface area contributed by atoms with E-state index in [-0.39, 0.29) is 53.9 Å². The number of carbonyl (C=O) groups excluding carboxylic acids is 1. The van der Waals surface area contributed by atoms with Gasteiger partial charge in [-0.15, -0.1) is 28.6 Å². The first-order chi connectivity index (χ1) is 25.5. The quantitative estimate of drug-likeness (QED) is 0.0711. The van der Waals surface area contributed by atoms with Crippen molar-refractivity contribution in [1.29, 1.82) is 0 Å². The summed E-state index contributed by atoms with van der Waals surface area (Å²) < 4.78 is 0. The van der Waals surface area contributed by atoms with Crippen molar-refractivity contribution in [2.75, 3.05) is 19.0 Å². The van der Waals surface area contributed by atoms with Crippen LogP contribution in [0.2, 0.25) is 0 Å². The number of nitrogens with one attached hydrogen (secondary N) is 2. The first-order valence-corrected chi connectivity index (χ1v) is 20.1. The molecule has 2 saturated carbocycles. The molecule has 2 fully saturated rings. The normalized spacial score (nSPS) is 28.7. The predicted molar refractivity (Wildman–Crippen MR) is 213 cm³/mol. The number of phenolic OH excluding ortho intramolecular Hbond substituents is 1. The van der Waals surface area contributed by atoms with Gasteiger partial charge in [-0.1, -0.05) is 29.9 Å². The number of anilines is 1. The third-order valence-electron chi connectivity index (χ3n) is 12.0. The van der Waals surface area contributed by atoms with Crippen molar-refractivity contribution in [2.24, 2.45) is 39.8 Å². The Kier molecular flexibility index (Phi) is 10.8. The Bertz CT molecular complexity index is 2060. The van der Waals surface area contributed by atoms with Gasteiger partial charge in [0.25, 0.3) is 0 Å². The van der Waals surface area contributed by atoms with Crippen LogP contribution in [0.15, 0.2) is 41.4 Å². The van der Waals surface area contributed by atoms with E-state index in [0.717, 1.165) is 43.5 Å². The van der Waals surface area contributed by atoms with Crippen LogP contribution in [0, 0.1) is 52.8 Å². The molecule has 1 aliphatic heterocycles. The minimum absolute atomic E-state index is 0.0376. The molecule has 0 radical (unpaired) electrons. The van der Waals surface area contributed by atoms with Gasteiger partial charge in [-0.3, -0.25) is 9.79 Å². The van der Waals surface area contributed by atoms with Crippen LogP contribution in [-0.2, 0) is 6.42 Å². The fraction of sp³-hybridized carbons (Fsp3) is 0.476. The van der Waals surface area contributed by atoms with E-state index in [1.54, 1.807) is 31.4 Å². The zero-order valence-electron chi connectivity index (χ0n) is 30.4. The second kappa shape index (κ2) is 15.3. The van der Waals surface area contributed by atoms with Crippen LogP contribution in [0.5, 0.6) is 5.75 Å². The first kappa shape index (κ1) is 37.2. The van der Waals surface area contributed by atoms with Crippen LogP contribution >= 0.6 is 22.7 Å². The molecule has 3 bridgehead atoms. The second-order valence-electron chi connectivity index (χ2n) is 15.2. The Hall–Kier alpha value is -4.10. The lowest BCUT2D eigenvalue weighted by molar-refractivity contribution is 0.0156. The number of guanidine groups is 1. The maximum Gasteiger partial charge on any atom is 0.188 e. The van der Waals surface area contributed by atoms with Crippen LogP contribution in [0.4, 0.5) is 5.69 Å². The molecule has 9 atom stereocenters. The summed E-state index contributed by atoms with van der Waals surface area (Å²) in [5.41, 5.74) is 8.86. The monoisotopic (exact) mass is 752 g/mol. The van der Waals surface area contributed by atoms with Crippen molar-refractivity contribution in [2.45, 2.75) is 83.1 Å². The molecular formula is C42H48N4O5S2. The Morgan fingerprint density at radius 2 is 1.92 bits per heavy atom. The summed E-state index contributed by atoms with van der Waals surface area (Å²) in [4.78, 5) is 22.8. The second-order valence-corrected chi connectivity index (χ2v) is 17.3. The number of nitrogens with zero attached hydrogens (tertiary/aromatic N) is 1. The van der Waals surface area contributed by atoms with E-state index < -0.39 is 17.6 Å². The van der Waals surface area contributed by atoms with Gasteiger partial charge >= 0.3 is 0 Å². The lowest BCUT2D eigenvalue weighted by Gasteiger charge is -2.47. The highest BCUT2D eigenvalue weighted by molar-refractivity contribution is 7.23. The van der Waals surface area contributed by atoms with E-state index in [9.17, 15) is 25.2 Å². The Balaban J connectivity index is 1.29. The predicted octanol–water partition coefficient (Wildman–Crippen LogP) is 5.61. The van der Waals surface area contributed by atoms with Crippen LogP contribution in [0.1, 0.15) is 83.6 Å². The van der Waals surface area contributed by atoms with Crippen LogP contribution in [-0.4, -0.2) is 70.1 Å². The van der Waals surface area contributed by atoms with Gasteiger partial charge in [-0.25, -0.2) is 0 Å². The molecule has 7 rings (SSSR count). The standard InChI is InChI=1S/C42H48N4O5S2/c1-4-6-27-10-14-36(52-27)37-15-16-38(53-37)40(51)31-12-9-25-20-42(31)19-24(30(21-42)35(50)22-47)7-5-8-28-26(17-33(25)46-41(43)44-3)18-34(49)29-11-13-32(23(2)48)45-39(28)29/h10-11,13-16,18,23-25,30-33,35,45,47-50H,7,9,12,17,19-22H2,1-3H3,(H3,43,44,46). The minimum Gasteiger partial charge on any atom is -0.507 e. The highest BCUT2D eigenvalue weighted by Crippen LogP contribution is 2.61. The molecule has 1 spiro atoms. The van der Waals surface area contributed by atoms with Gasteiger partial charge in [-0.05, 0) is 111 Å². The Morgan fingerprint density at radius 1 is 1.15 bits per heavy atom. The number of aromatic hydroxyl groups is 1. The van der Waals surface area contributed by atoms with Gasteiger partial charge in [0.15, 0.2) is 11.7 Å². The maximum absolute atomic E-state index is 14.7. The SMILES string of the molecule is CC#Cc1ccc(-c2ccc(C(=O)C3CCC4CC35CC(CC#Cc3c(cc(O)c6c3NC(C(C)O)C=C6)CC4NC(N)=NC)C(C(O)CO)C5)s2)s1. The van der Waals surface area contributed by atoms with Gasteiger partial charge in [0, 0.05) is 40.7 Å². The van der Waals surface area contributed by atoms with Gasteiger partial charge in [-0.2, -0.15) is 0 Å². The summed E-state index contributed by atoms with van der Waals surface area (Å²) in [6.45, 7) is 3.19. The molecule has 3 aliphatic carbocycles. The number of hydrogen-bond acceptors (Lipinski definition) is 9. The molecule has 0 saturated heterocycles. The number of phenols is 1. The van der Waals surface area contributed by atoms with E-state index >= 15 is 0 Å². The molecule has 11 heteroatoms. The molecule has 3 heterocycles. The number of aliphatic hydroxyl groups excluding tert-OH is 3. The zero-order chi connectivity index (χ0) is 37.4. The van der Waals surface area contributed by atoms with Crippen LogP contribution < -0.4 is 16.4 Å². The zero-order valence-corrected chi connectivity index (χ0v) is 32.0. The summed E-state index contributed by atoms with van der Waals surface area (Å²) in [5, 5.41) is 50.2. The van der Waals surface area contributed by atoms with E-state index in [2.05, 4.69) is 45.4 Å².